The highest BCUT2D eigenvalue weighted by molar-refractivity contribution is 9.10. The van der Waals surface area contributed by atoms with Crippen LogP contribution >= 0.6 is 15.9 Å². The first-order chi connectivity index (χ1) is 10.1. The van der Waals surface area contributed by atoms with Crippen LogP contribution in [0, 0.1) is 0 Å². The second-order valence-corrected chi connectivity index (χ2v) is 7.44. The average Bonchev–Trinajstić information content (AvgIpc) is 2.47. The van der Waals surface area contributed by atoms with Crippen LogP contribution in [0.25, 0.3) is 0 Å². The van der Waals surface area contributed by atoms with Gasteiger partial charge in [0.25, 0.3) is 0 Å². The lowest BCUT2D eigenvalue weighted by Gasteiger charge is -2.26. The molecule has 0 aromatic heterocycles. The maximum atomic E-state index is 12.5. The first-order valence-corrected chi connectivity index (χ1v) is 8.83. The van der Waals surface area contributed by atoms with Gasteiger partial charge in [-0.15, -0.1) is 0 Å². The molecule has 1 aliphatic heterocycles. The molecule has 0 spiro atoms. The van der Waals surface area contributed by atoms with E-state index in [0.29, 0.717) is 13.0 Å². The summed E-state index contributed by atoms with van der Waals surface area (Å²) >= 11 is 3.29. The third-order valence-corrected chi connectivity index (χ3v) is 5.32. The van der Waals surface area contributed by atoms with Crippen molar-refractivity contribution in [2.45, 2.75) is 17.4 Å². The number of sulfonamides is 1. The molecule has 110 valence electrons. The van der Waals surface area contributed by atoms with Crippen molar-refractivity contribution in [2.75, 3.05) is 6.61 Å². The predicted molar refractivity (Wildman–Crippen MR) is 83.8 cm³/mol. The highest BCUT2D eigenvalue weighted by atomic mass is 79.9. The summed E-state index contributed by atoms with van der Waals surface area (Å²) < 4.78 is 34.0. The first-order valence-electron chi connectivity index (χ1n) is 6.56. The van der Waals surface area contributed by atoms with E-state index in [9.17, 15) is 8.42 Å². The fourth-order valence-electron chi connectivity index (χ4n) is 2.35. The minimum atomic E-state index is -3.56. The van der Waals surface area contributed by atoms with Crippen LogP contribution in [0.4, 0.5) is 0 Å². The van der Waals surface area contributed by atoms with E-state index >= 15 is 0 Å². The minimum Gasteiger partial charge on any atom is -0.493 e. The monoisotopic (exact) mass is 367 g/mol. The lowest BCUT2D eigenvalue weighted by Crippen LogP contribution is -2.32. The van der Waals surface area contributed by atoms with E-state index in [2.05, 4.69) is 20.7 Å². The zero-order valence-corrected chi connectivity index (χ0v) is 13.5. The molecule has 2 aromatic rings. The molecule has 1 N–H and O–H groups in total. The number of ether oxygens (including phenoxy) is 1. The SMILES string of the molecule is O=S(=O)(NC1CCOc2ccccc21)c1cccc(Br)c1. The second-order valence-electron chi connectivity index (χ2n) is 4.81. The van der Waals surface area contributed by atoms with E-state index < -0.39 is 10.0 Å². The molecule has 21 heavy (non-hydrogen) atoms. The Morgan fingerprint density at radius 1 is 1.14 bits per heavy atom. The molecule has 0 amide bonds. The maximum absolute atomic E-state index is 12.5. The normalized spacial score (nSPS) is 17.9. The van der Waals surface area contributed by atoms with Gasteiger partial charge in [-0.2, -0.15) is 0 Å². The van der Waals surface area contributed by atoms with Gasteiger partial charge < -0.3 is 4.74 Å². The van der Waals surface area contributed by atoms with Crippen LogP contribution in [-0.4, -0.2) is 15.0 Å². The molecule has 0 saturated heterocycles. The molecule has 1 unspecified atom stereocenters. The Kier molecular flexibility index (Phi) is 4.01. The molecule has 3 rings (SSSR count). The first kappa shape index (κ1) is 14.6. The lowest BCUT2D eigenvalue weighted by molar-refractivity contribution is 0.263. The van der Waals surface area contributed by atoms with Crippen LogP contribution in [0.5, 0.6) is 5.75 Å². The van der Waals surface area contributed by atoms with Gasteiger partial charge in [0.05, 0.1) is 17.5 Å². The molecule has 6 heteroatoms. The summed E-state index contributed by atoms with van der Waals surface area (Å²) in [7, 11) is -3.56. The third-order valence-electron chi connectivity index (χ3n) is 3.36. The van der Waals surface area contributed by atoms with E-state index in [1.54, 1.807) is 24.3 Å². The van der Waals surface area contributed by atoms with Gasteiger partial charge in [-0.25, -0.2) is 13.1 Å². The number of hydrogen-bond acceptors (Lipinski definition) is 3. The number of para-hydroxylation sites is 1. The molecule has 0 fully saturated rings. The Balaban J connectivity index is 1.90. The van der Waals surface area contributed by atoms with E-state index in [1.807, 2.05) is 24.3 Å². The Morgan fingerprint density at radius 3 is 2.76 bits per heavy atom. The summed E-state index contributed by atoms with van der Waals surface area (Å²) in [6, 6.07) is 13.9. The van der Waals surface area contributed by atoms with Crippen molar-refractivity contribution in [3.05, 3.63) is 58.6 Å². The second kappa shape index (κ2) is 5.79. The summed E-state index contributed by atoms with van der Waals surface area (Å²) in [4.78, 5) is 0.251. The third kappa shape index (κ3) is 3.12. The fraction of sp³-hybridized carbons (Fsp3) is 0.200. The Bertz CT molecular complexity index is 761. The maximum Gasteiger partial charge on any atom is 0.241 e. The van der Waals surface area contributed by atoms with Gasteiger partial charge in [-0.3, -0.25) is 0 Å². The van der Waals surface area contributed by atoms with Crippen molar-refractivity contribution in [1.82, 2.24) is 4.72 Å². The number of halogens is 1. The summed E-state index contributed by atoms with van der Waals surface area (Å²) in [6.45, 7) is 0.503. The van der Waals surface area contributed by atoms with Crippen molar-refractivity contribution in [1.29, 1.82) is 0 Å². The quantitative estimate of drug-likeness (QED) is 0.905. The number of benzene rings is 2. The van der Waals surface area contributed by atoms with E-state index in [1.165, 1.54) is 0 Å². The lowest BCUT2D eigenvalue weighted by atomic mass is 10.0. The Morgan fingerprint density at radius 2 is 1.95 bits per heavy atom. The molecule has 2 aromatic carbocycles. The number of fused-ring (bicyclic) bond motifs is 1. The van der Waals surface area contributed by atoms with E-state index in [0.717, 1.165) is 15.8 Å². The Labute approximate surface area is 132 Å². The van der Waals surface area contributed by atoms with Gasteiger partial charge in [-0.1, -0.05) is 40.2 Å². The van der Waals surface area contributed by atoms with E-state index in [4.69, 9.17) is 4.74 Å². The standard InChI is InChI=1S/C15H14BrNO3S/c16-11-4-3-5-12(10-11)21(18,19)17-14-8-9-20-15-7-2-1-6-13(14)15/h1-7,10,14,17H,8-9H2. The van der Waals surface area contributed by atoms with Gasteiger partial charge in [0.1, 0.15) is 5.75 Å². The number of hydrogen-bond donors (Lipinski definition) is 1. The molecule has 0 radical (unpaired) electrons. The van der Waals surface area contributed by atoms with Crippen molar-refractivity contribution < 1.29 is 13.2 Å². The number of rotatable bonds is 3. The largest absolute Gasteiger partial charge is 0.493 e. The summed E-state index contributed by atoms with van der Waals surface area (Å²) in [5, 5.41) is 0. The minimum absolute atomic E-state index is 0.251. The zero-order chi connectivity index (χ0) is 14.9. The molecule has 0 saturated carbocycles. The highest BCUT2D eigenvalue weighted by Crippen LogP contribution is 2.32. The summed E-state index contributed by atoms with van der Waals surface area (Å²) in [6.07, 6.45) is 0.615. The molecule has 4 nitrogen and oxygen atoms in total. The summed E-state index contributed by atoms with van der Waals surface area (Å²) in [5.41, 5.74) is 0.877. The zero-order valence-electron chi connectivity index (χ0n) is 11.1. The predicted octanol–water partition coefficient (Wildman–Crippen LogP) is 3.25. The average molecular weight is 368 g/mol. The molecule has 0 bridgehead atoms. The summed E-state index contributed by atoms with van der Waals surface area (Å²) in [5.74, 6) is 0.741. The van der Waals surface area contributed by atoms with Crippen molar-refractivity contribution in [3.8, 4) is 5.75 Å². The fourth-order valence-corrected chi connectivity index (χ4v) is 4.20. The van der Waals surface area contributed by atoms with Crippen LogP contribution in [0.3, 0.4) is 0 Å². The van der Waals surface area contributed by atoms with Gasteiger partial charge in [0.15, 0.2) is 0 Å². The van der Waals surface area contributed by atoms with Gasteiger partial charge in [0.2, 0.25) is 10.0 Å². The van der Waals surface area contributed by atoms with E-state index in [-0.39, 0.29) is 10.9 Å². The van der Waals surface area contributed by atoms with Crippen molar-refractivity contribution >= 4 is 26.0 Å². The van der Waals surface area contributed by atoms with Crippen LogP contribution in [-0.2, 0) is 10.0 Å². The molecule has 1 atom stereocenters. The topological polar surface area (TPSA) is 55.4 Å². The van der Waals surface area contributed by atoms with Crippen LogP contribution in [0.1, 0.15) is 18.0 Å². The molecule has 0 aliphatic carbocycles. The molecular weight excluding hydrogens is 354 g/mol. The van der Waals surface area contributed by atoms with Crippen LogP contribution in [0.2, 0.25) is 0 Å². The van der Waals surface area contributed by atoms with Crippen molar-refractivity contribution in [3.63, 3.8) is 0 Å². The molecule has 1 aliphatic rings. The smallest absolute Gasteiger partial charge is 0.241 e. The van der Waals surface area contributed by atoms with Gasteiger partial charge in [-0.05, 0) is 24.3 Å². The Hall–Kier alpha value is -1.37. The molecular formula is C15H14BrNO3S. The van der Waals surface area contributed by atoms with Crippen LogP contribution in [0.15, 0.2) is 57.9 Å². The van der Waals surface area contributed by atoms with Gasteiger partial charge in [0, 0.05) is 16.5 Å². The number of nitrogens with one attached hydrogen (secondary N) is 1. The van der Waals surface area contributed by atoms with Crippen LogP contribution < -0.4 is 9.46 Å². The molecule has 1 heterocycles. The highest BCUT2D eigenvalue weighted by Gasteiger charge is 2.26. The van der Waals surface area contributed by atoms with Crippen molar-refractivity contribution in [2.24, 2.45) is 0 Å². The van der Waals surface area contributed by atoms with Gasteiger partial charge >= 0.3 is 0 Å².